The zero-order valence-corrected chi connectivity index (χ0v) is 20.8. The summed E-state index contributed by atoms with van der Waals surface area (Å²) < 4.78 is 1.99. The van der Waals surface area contributed by atoms with E-state index in [0.717, 1.165) is 30.0 Å². The van der Waals surface area contributed by atoms with Crippen LogP contribution in [-0.2, 0) is 11.8 Å². The van der Waals surface area contributed by atoms with E-state index in [4.69, 9.17) is 0 Å². The van der Waals surface area contributed by atoms with Gasteiger partial charge in [0.15, 0.2) is 0 Å². The zero-order chi connectivity index (χ0) is 25.0. The Morgan fingerprint density at radius 2 is 1.80 bits per heavy atom. The standard InChI is InChI=1S/C29H34N4O2/c1-29(2,13-16-34)31-28(35)24(20-30)19-25-11-12-27(32(25)3)23-8-7-22-18-26(10-9-21(22)17-23)33-14-5-4-6-15-33/h7-12,17-19,34H,4-6,13-16H2,1-3H3,(H,31,35)/b24-19+. The maximum absolute atomic E-state index is 12.6. The van der Waals surface area contributed by atoms with Crippen LogP contribution >= 0.6 is 0 Å². The lowest BCUT2D eigenvalue weighted by atomic mass is 10.0. The average Bonchev–Trinajstić information content (AvgIpc) is 3.21. The molecule has 6 nitrogen and oxygen atoms in total. The van der Waals surface area contributed by atoms with Crippen LogP contribution in [0, 0.1) is 11.3 Å². The highest BCUT2D eigenvalue weighted by Gasteiger charge is 2.22. The number of rotatable bonds is 7. The van der Waals surface area contributed by atoms with E-state index >= 15 is 0 Å². The first-order chi connectivity index (χ1) is 16.8. The van der Waals surface area contributed by atoms with E-state index < -0.39 is 11.4 Å². The number of aliphatic hydroxyl groups is 1. The molecule has 35 heavy (non-hydrogen) atoms. The molecule has 0 radical (unpaired) electrons. The van der Waals surface area contributed by atoms with Crippen molar-refractivity contribution in [2.24, 2.45) is 7.05 Å². The molecule has 2 N–H and O–H groups in total. The fraction of sp³-hybridized carbons (Fsp3) is 0.379. The molecule has 6 heteroatoms. The Balaban J connectivity index is 1.58. The van der Waals surface area contributed by atoms with E-state index in [9.17, 15) is 15.2 Å². The molecule has 0 atom stereocenters. The normalized spacial score (nSPS) is 14.7. The average molecular weight is 471 g/mol. The summed E-state index contributed by atoms with van der Waals surface area (Å²) in [6, 6.07) is 19.1. The van der Waals surface area contributed by atoms with Crippen molar-refractivity contribution in [3.8, 4) is 17.3 Å². The smallest absolute Gasteiger partial charge is 0.262 e. The van der Waals surface area contributed by atoms with E-state index in [1.165, 1.54) is 35.7 Å². The molecule has 1 saturated heterocycles. The van der Waals surface area contributed by atoms with Crippen LogP contribution < -0.4 is 10.2 Å². The largest absolute Gasteiger partial charge is 0.396 e. The zero-order valence-electron chi connectivity index (χ0n) is 20.8. The number of nitrogens with zero attached hydrogens (tertiary/aromatic N) is 3. The lowest BCUT2D eigenvalue weighted by Crippen LogP contribution is -2.44. The van der Waals surface area contributed by atoms with Gasteiger partial charge in [0.1, 0.15) is 11.6 Å². The van der Waals surface area contributed by atoms with E-state index in [1.807, 2.05) is 43.7 Å². The Labute approximate surface area is 207 Å². The maximum atomic E-state index is 12.6. The second-order valence-corrected chi connectivity index (χ2v) is 9.98. The Kier molecular flexibility index (Phi) is 7.28. The molecule has 0 bridgehead atoms. The molecule has 1 amide bonds. The third-order valence-electron chi connectivity index (χ3n) is 6.85. The highest BCUT2D eigenvalue weighted by atomic mass is 16.3. The van der Waals surface area contributed by atoms with Gasteiger partial charge in [0.05, 0.1) is 0 Å². The van der Waals surface area contributed by atoms with Gasteiger partial charge in [0.2, 0.25) is 0 Å². The number of nitriles is 1. The van der Waals surface area contributed by atoms with Crippen molar-refractivity contribution < 1.29 is 9.90 Å². The predicted octanol–water partition coefficient (Wildman–Crippen LogP) is 5.02. The van der Waals surface area contributed by atoms with Crippen molar-refractivity contribution >= 4 is 28.4 Å². The maximum Gasteiger partial charge on any atom is 0.262 e. The van der Waals surface area contributed by atoms with Crippen LogP contribution in [0.25, 0.3) is 28.1 Å². The van der Waals surface area contributed by atoms with Crippen LogP contribution in [0.2, 0.25) is 0 Å². The third-order valence-corrected chi connectivity index (χ3v) is 6.85. The number of carbonyl (C=O) groups is 1. The first kappa shape index (κ1) is 24.6. The quantitative estimate of drug-likeness (QED) is 0.375. The summed E-state index contributed by atoms with van der Waals surface area (Å²) in [5.74, 6) is -0.441. The van der Waals surface area contributed by atoms with E-state index in [0.29, 0.717) is 6.42 Å². The Morgan fingerprint density at radius 1 is 1.09 bits per heavy atom. The molecule has 1 aromatic heterocycles. The number of piperidine rings is 1. The minimum Gasteiger partial charge on any atom is -0.396 e. The van der Waals surface area contributed by atoms with Crippen LogP contribution in [0.4, 0.5) is 5.69 Å². The Hall–Kier alpha value is -3.56. The van der Waals surface area contributed by atoms with Crippen molar-refractivity contribution in [1.82, 2.24) is 9.88 Å². The van der Waals surface area contributed by atoms with Crippen molar-refractivity contribution in [1.29, 1.82) is 5.26 Å². The fourth-order valence-corrected chi connectivity index (χ4v) is 4.72. The second-order valence-electron chi connectivity index (χ2n) is 9.98. The topological polar surface area (TPSA) is 81.3 Å². The Bertz CT molecular complexity index is 1290. The predicted molar refractivity (Wildman–Crippen MR) is 142 cm³/mol. The van der Waals surface area contributed by atoms with Crippen LogP contribution in [0.3, 0.4) is 0 Å². The fourth-order valence-electron chi connectivity index (χ4n) is 4.72. The molecular weight excluding hydrogens is 436 g/mol. The monoisotopic (exact) mass is 470 g/mol. The molecule has 0 unspecified atom stereocenters. The number of hydrogen-bond acceptors (Lipinski definition) is 4. The number of nitrogens with one attached hydrogen (secondary N) is 1. The molecule has 3 aromatic rings. The third kappa shape index (κ3) is 5.58. The van der Waals surface area contributed by atoms with E-state index in [-0.39, 0.29) is 12.2 Å². The summed E-state index contributed by atoms with van der Waals surface area (Å²) >= 11 is 0. The SMILES string of the molecule is Cn1c(/C=C(\C#N)C(=O)NC(C)(C)CCO)ccc1-c1ccc2cc(N3CCCCC3)ccc2c1. The lowest BCUT2D eigenvalue weighted by molar-refractivity contribution is -0.118. The molecular formula is C29H34N4O2. The molecule has 1 fully saturated rings. The highest BCUT2D eigenvalue weighted by Crippen LogP contribution is 2.30. The molecule has 4 rings (SSSR count). The summed E-state index contributed by atoms with van der Waals surface area (Å²) in [4.78, 5) is 15.1. The molecule has 182 valence electrons. The number of aliphatic hydroxyl groups excluding tert-OH is 1. The van der Waals surface area contributed by atoms with Gasteiger partial charge in [0, 0.05) is 49.4 Å². The molecule has 1 aliphatic heterocycles. The van der Waals surface area contributed by atoms with Gasteiger partial charge in [-0.2, -0.15) is 5.26 Å². The van der Waals surface area contributed by atoms with Gasteiger partial charge >= 0.3 is 0 Å². The number of carbonyl (C=O) groups excluding carboxylic acids is 1. The van der Waals surface area contributed by atoms with Crippen LogP contribution in [-0.4, -0.2) is 40.8 Å². The van der Waals surface area contributed by atoms with Crippen LogP contribution in [0.15, 0.2) is 54.1 Å². The summed E-state index contributed by atoms with van der Waals surface area (Å²) in [5, 5.41) is 24.0. The van der Waals surface area contributed by atoms with Gasteiger partial charge < -0.3 is 19.9 Å². The van der Waals surface area contributed by atoms with Crippen molar-refractivity contribution in [3.63, 3.8) is 0 Å². The summed E-state index contributed by atoms with van der Waals surface area (Å²) in [5.41, 5.74) is 3.59. The first-order valence-electron chi connectivity index (χ1n) is 12.3. The van der Waals surface area contributed by atoms with Gasteiger partial charge in [-0.25, -0.2) is 0 Å². The second kappa shape index (κ2) is 10.4. The number of amides is 1. The van der Waals surface area contributed by atoms with Gasteiger partial charge in [-0.3, -0.25) is 4.79 Å². The summed E-state index contributed by atoms with van der Waals surface area (Å²) in [6.45, 7) is 5.87. The number of hydrogen-bond donors (Lipinski definition) is 2. The van der Waals surface area contributed by atoms with Crippen molar-refractivity contribution in [2.75, 3.05) is 24.6 Å². The number of fused-ring (bicyclic) bond motifs is 1. The molecule has 0 saturated carbocycles. The van der Waals surface area contributed by atoms with Crippen molar-refractivity contribution in [3.05, 3.63) is 59.8 Å². The number of anilines is 1. The van der Waals surface area contributed by atoms with E-state index in [2.05, 4.69) is 46.6 Å². The van der Waals surface area contributed by atoms with Crippen LogP contribution in [0.5, 0.6) is 0 Å². The molecule has 2 heterocycles. The van der Waals surface area contributed by atoms with Crippen molar-refractivity contribution in [2.45, 2.75) is 45.1 Å². The van der Waals surface area contributed by atoms with Gasteiger partial charge in [-0.15, -0.1) is 0 Å². The van der Waals surface area contributed by atoms with Gasteiger partial charge in [0.25, 0.3) is 5.91 Å². The summed E-state index contributed by atoms with van der Waals surface area (Å²) in [7, 11) is 1.94. The highest BCUT2D eigenvalue weighted by molar-refractivity contribution is 6.02. The van der Waals surface area contributed by atoms with E-state index in [1.54, 1.807) is 6.08 Å². The molecule has 0 aliphatic carbocycles. The van der Waals surface area contributed by atoms with Gasteiger partial charge in [-0.05, 0) is 92.3 Å². The summed E-state index contributed by atoms with van der Waals surface area (Å²) in [6.07, 6.45) is 5.87. The van der Waals surface area contributed by atoms with Gasteiger partial charge in [-0.1, -0.05) is 18.2 Å². The minimum atomic E-state index is -0.597. The molecule has 0 spiro atoms. The molecule has 2 aromatic carbocycles. The Morgan fingerprint density at radius 3 is 2.51 bits per heavy atom. The minimum absolute atomic E-state index is 0.0347. The molecule has 1 aliphatic rings. The first-order valence-corrected chi connectivity index (χ1v) is 12.3. The van der Waals surface area contributed by atoms with Crippen LogP contribution in [0.1, 0.15) is 45.2 Å². The lowest BCUT2D eigenvalue weighted by Gasteiger charge is -2.29. The number of aromatic nitrogens is 1. The number of benzene rings is 2.